The second-order valence-corrected chi connectivity index (χ2v) is 4.40. The van der Waals surface area contributed by atoms with Crippen molar-refractivity contribution in [1.29, 1.82) is 0 Å². The van der Waals surface area contributed by atoms with E-state index in [4.69, 9.17) is 0 Å². The maximum Gasteiger partial charge on any atom is 0.115 e. The summed E-state index contributed by atoms with van der Waals surface area (Å²) in [6.07, 6.45) is 3.43. The van der Waals surface area contributed by atoms with Crippen LogP contribution in [0.3, 0.4) is 0 Å². The summed E-state index contributed by atoms with van der Waals surface area (Å²) in [4.78, 5) is 0. The van der Waals surface area contributed by atoms with E-state index < -0.39 is 0 Å². The summed E-state index contributed by atoms with van der Waals surface area (Å²) in [7, 11) is 0. The maximum absolute atomic E-state index is 9.33. The van der Waals surface area contributed by atoms with E-state index in [0.29, 0.717) is 11.8 Å². The number of phenols is 1. The number of piperidine rings is 1. The number of rotatable bonds is 4. The van der Waals surface area contributed by atoms with Crippen LogP contribution in [0.1, 0.15) is 18.4 Å². The predicted octanol–water partition coefficient (Wildman–Crippen LogP) is 1.28. The quantitative estimate of drug-likeness (QED) is 0.716. The van der Waals surface area contributed by atoms with Gasteiger partial charge < -0.3 is 15.7 Å². The fourth-order valence-electron chi connectivity index (χ4n) is 2.16. The predicted molar refractivity (Wildman–Crippen MR) is 65.7 cm³/mol. The van der Waals surface area contributed by atoms with Gasteiger partial charge in [-0.25, -0.2) is 0 Å². The smallest absolute Gasteiger partial charge is 0.115 e. The fourth-order valence-corrected chi connectivity index (χ4v) is 2.16. The average Bonchev–Trinajstić information content (AvgIpc) is 2.30. The molecular formula is C13H20N2O. The van der Waals surface area contributed by atoms with Gasteiger partial charge in [0.1, 0.15) is 5.75 Å². The minimum Gasteiger partial charge on any atom is -0.508 e. The first-order chi connectivity index (χ1) is 7.84. The molecule has 0 atom stereocenters. The van der Waals surface area contributed by atoms with Crippen LogP contribution < -0.4 is 10.6 Å². The summed E-state index contributed by atoms with van der Waals surface area (Å²) in [5.41, 5.74) is 1.20. The van der Waals surface area contributed by atoms with E-state index in [9.17, 15) is 5.11 Å². The average molecular weight is 220 g/mol. The second-order valence-electron chi connectivity index (χ2n) is 4.40. The van der Waals surface area contributed by atoms with Gasteiger partial charge in [-0.3, -0.25) is 0 Å². The van der Waals surface area contributed by atoms with E-state index in [1.54, 1.807) is 6.07 Å². The first-order valence-electron chi connectivity index (χ1n) is 6.06. The molecule has 0 aromatic heterocycles. The molecule has 1 aromatic rings. The Hall–Kier alpha value is -1.06. The van der Waals surface area contributed by atoms with Crippen LogP contribution in [0.25, 0.3) is 0 Å². The van der Waals surface area contributed by atoms with E-state index in [2.05, 4.69) is 16.7 Å². The summed E-state index contributed by atoms with van der Waals surface area (Å²) < 4.78 is 0. The van der Waals surface area contributed by atoms with Crippen molar-refractivity contribution in [2.75, 3.05) is 19.6 Å². The Balaban J connectivity index is 1.71. The lowest BCUT2D eigenvalue weighted by atomic mass is 10.1. The number of aromatic hydroxyl groups is 1. The highest BCUT2D eigenvalue weighted by atomic mass is 16.3. The van der Waals surface area contributed by atoms with Crippen molar-refractivity contribution in [3.8, 4) is 5.75 Å². The third-order valence-corrected chi connectivity index (χ3v) is 3.10. The van der Waals surface area contributed by atoms with Gasteiger partial charge in [0, 0.05) is 6.04 Å². The lowest BCUT2D eigenvalue weighted by molar-refractivity contribution is 0.389. The van der Waals surface area contributed by atoms with Crippen molar-refractivity contribution in [3.05, 3.63) is 29.8 Å². The van der Waals surface area contributed by atoms with E-state index in [1.807, 2.05) is 12.1 Å². The Morgan fingerprint density at radius 3 is 2.88 bits per heavy atom. The van der Waals surface area contributed by atoms with Crippen LogP contribution in [0.15, 0.2) is 24.3 Å². The molecule has 1 aliphatic rings. The first-order valence-corrected chi connectivity index (χ1v) is 6.06. The summed E-state index contributed by atoms with van der Waals surface area (Å²) in [5, 5.41) is 16.3. The zero-order valence-electron chi connectivity index (χ0n) is 9.58. The molecule has 0 aliphatic carbocycles. The molecule has 1 heterocycles. The summed E-state index contributed by atoms with van der Waals surface area (Å²) in [6, 6.07) is 8.17. The standard InChI is InChI=1S/C13H20N2O/c16-13-3-1-2-11(10-13)4-9-15-12-5-7-14-8-6-12/h1-3,10,12,14-16H,4-9H2. The van der Waals surface area contributed by atoms with Crippen LogP contribution in [0.2, 0.25) is 0 Å². The molecular weight excluding hydrogens is 200 g/mol. The lowest BCUT2D eigenvalue weighted by Gasteiger charge is -2.23. The van der Waals surface area contributed by atoms with Crippen molar-refractivity contribution < 1.29 is 5.11 Å². The Bertz CT molecular complexity index is 321. The van der Waals surface area contributed by atoms with E-state index in [-0.39, 0.29) is 0 Å². The van der Waals surface area contributed by atoms with Crippen molar-refractivity contribution in [2.24, 2.45) is 0 Å². The van der Waals surface area contributed by atoms with E-state index >= 15 is 0 Å². The van der Waals surface area contributed by atoms with Gasteiger partial charge in [-0.05, 0) is 56.6 Å². The van der Waals surface area contributed by atoms with Gasteiger partial charge in [-0.2, -0.15) is 0 Å². The summed E-state index contributed by atoms with van der Waals surface area (Å²) in [5.74, 6) is 0.361. The Kier molecular flexibility index (Phi) is 4.19. The van der Waals surface area contributed by atoms with Crippen LogP contribution in [0, 0.1) is 0 Å². The molecule has 0 saturated carbocycles. The zero-order chi connectivity index (χ0) is 11.2. The number of hydrogen-bond donors (Lipinski definition) is 3. The van der Waals surface area contributed by atoms with Crippen LogP contribution >= 0.6 is 0 Å². The minimum absolute atomic E-state index is 0.361. The Morgan fingerprint density at radius 1 is 1.31 bits per heavy atom. The van der Waals surface area contributed by atoms with Crippen molar-refractivity contribution in [1.82, 2.24) is 10.6 Å². The highest BCUT2D eigenvalue weighted by Gasteiger charge is 2.11. The van der Waals surface area contributed by atoms with E-state index in [0.717, 1.165) is 26.1 Å². The maximum atomic E-state index is 9.33. The van der Waals surface area contributed by atoms with Crippen LogP contribution in [-0.2, 0) is 6.42 Å². The highest BCUT2D eigenvalue weighted by molar-refractivity contribution is 5.27. The molecule has 3 nitrogen and oxygen atoms in total. The van der Waals surface area contributed by atoms with Crippen LogP contribution in [-0.4, -0.2) is 30.8 Å². The molecule has 0 spiro atoms. The molecule has 1 aromatic carbocycles. The molecule has 88 valence electrons. The Morgan fingerprint density at radius 2 is 2.12 bits per heavy atom. The fraction of sp³-hybridized carbons (Fsp3) is 0.538. The van der Waals surface area contributed by atoms with Gasteiger partial charge >= 0.3 is 0 Å². The zero-order valence-corrected chi connectivity index (χ0v) is 9.58. The van der Waals surface area contributed by atoms with Gasteiger partial charge in [0.2, 0.25) is 0 Å². The van der Waals surface area contributed by atoms with Crippen molar-refractivity contribution in [3.63, 3.8) is 0 Å². The largest absolute Gasteiger partial charge is 0.508 e. The van der Waals surface area contributed by atoms with Gasteiger partial charge in [0.05, 0.1) is 0 Å². The number of nitrogens with one attached hydrogen (secondary N) is 2. The third kappa shape index (κ3) is 3.51. The molecule has 0 unspecified atom stereocenters. The molecule has 0 amide bonds. The van der Waals surface area contributed by atoms with Gasteiger partial charge in [0.25, 0.3) is 0 Å². The Labute approximate surface area is 96.9 Å². The molecule has 1 saturated heterocycles. The van der Waals surface area contributed by atoms with E-state index in [1.165, 1.54) is 18.4 Å². The number of phenolic OH excluding ortho intramolecular Hbond substituents is 1. The number of benzene rings is 1. The topological polar surface area (TPSA) is 44.3 Å². The molecule has 1 aliphatic heterocycles. The molecule has 3 N–H and O–H groups in total. The third-order valence-electron chi connectivity index (χ3n) is 3.10. The molecule has 1 fully saturated rings. The van der Waals surface area contributed by atoms with Crippen molar-refractivity contribution >= 4 is 0 Å². The normalized spacial score (nSPS) is 17.5. The summed E-state index contributed by atoms with van der Waals surface area (Å²) in [6.45, 7) is 3.25. The van der Waals surface area contributed by atoms with Crippen LogP contribution in [0.5, 0.6) is 5.75 Å². The SMILES string of the molecule is Oc1cccc(CCNC2CCNCC2)c1. The minimum atomic E-state index is 0.361. The van der Waals surface area contributed by atoms with Crippen molar-refractivity contribution in [2.45, 2.75) is 25.3 Å². The summed E-state index contributed by atoms with van der Waals surface area (Å²) >= 11 is 0. The second kappa shape index (κ2) is 5.87. The molecule has 16 heavy (non-hydrogen) atoms. The number of hydrogen-bond acceptors (Lipinski definition) is 3. The van der Waals surface area contributed by atoms with Crippen LogP contribution in [0.4, 0.5) is 0 Å². The van der Waals surface area contributed by atoms with Gasteiger partial charge in [-0.15, -0.1) is 0 Å². The lowest BCUT2D eigenvalue weighted by Crippen LogP contribution is -2.40. The molecule has 0 radical (unpaired) electrons. The molecule has 2 rings (SSSR count). The molecule has 0 bridgehead atoms. The van der Waals surface area contributed by atoms with Gasteiger partial charge in [0.15, 0.2) is 0 Å². The monoisotopic (exact) mass is 220 g/mol. The first kappa shape index (κ1) is 11.4. The molecule has 3 heteroatoms. The van der Waals surface area contributed by atoms with Gasteiger partial charge in [-0.1, -0.05) is 12.1 Å². The highest BCUT2D eigenvalue weighted by Crippen LogP contribution is 2.11.